The Morgan fingerprint density at radius 3 is 2.79 bits per heavy atom. The summed E-state index contributed by atoms with van der Waals surface area (Å²) < 4.78 is 18.4. The monoisotopic (exact) mass is 264 g/mol. The van der Waals surface area contributed by atoms with Crippen molar-refractivity contribution in [2.45, 2.75) is 39.8 Å². The van der Waals surface area contributed by atoms with Crippen LogP contribution >= 0.6 is 0 Å². The fraction of sp³-hybridized carbons (Fsp3) is 0.429. The van der Waals surface area contributed by atoms with Crippen molar-refractivity contribution in [2.24, 2.45) is 0 Å². The van der Waals surface area contributed by atoms with E-state index in [1.54, 1.807) is 6.20 Å². The number of pyridine rings is 1. The predicted molar refractivity (Wildman–Crippen MR) is 69.6 cm³/mol. The van der Waals surface area contributed by atoms with Crippen LogP contribution in [0.4, 0.5) is 9.18 Å². The summed E-state index contributed by atoms with van der Waals surface area (Å²) in [6.07, 6.45) is 2.72. The number of carbonyl (C=O) groups excluding carboxylic acids is 1. The van der Waals surface area contributed by atoms with Gasteiger partial charge in [-0.15, -0.1) is 0 Å². The number of nitrogens with zero attached hydrogens (tertiary/aromatic N) is 2. The van der Waals surface area contributed by atoms with Gasteiger partial charge in [-0.1, -0.05) is 0 Å². The highest BCUT2D eigenvalue weighted by molar-refractivity contribution is 5.76. The maximum atomic E-state index is 13.1. The van der Waals surface area contributed by atoms with Gasteiger partial charge in [0.05, 0.1) is 6.54 Å². The molecule has 0 unspecified atom stereocenters. The van der Waals surface area contributed by atoms with E-state index in [0.29, 0.717) is 6.54 Å². The molecule has 1 aromatic heterocycles. The van der Waals surface area contributed by atoms with E-state index in [9.17, 15) is 9.18 Å². The molecule has 0 bridgehead atoms. The van der Waals surface area contributed by atoms with E-state index in [2.05, 4.69) is 4.98 Å². The highest BCUT2D eigenvalue weighted by Crippen LogP contribution is 2.27. The van der Waals surface area contributed by atoms with Gasteiger partial charge in [0.15, 0.2) is 0 Å². The van der Waals surface area contributed by atoms with Crippen LogP contribution < -0.4 is 0 Å². The third kappa shape index (κ3) is 3.10. The molecule has 19 heavy (non-hydrogen) atoms. The minimum absolute atomic E-state index is 0.342. The number of hydrogen-bond donors (Lipinski definition) is 0. The molecule has 0 aromatic carbocycles. The number of amides is 1. The zero-order valence-electron chi connectivity index (χ0n) is 11.5. The first kappa shape index (κ1) is 13.5. The van der Waals surface area contributed by atoms with Crippen LogP contribution in [0.25, 0.3) is 5.57 Å². The molecule has 1 aliphatic heterocycles. The van der Waals surface area contributed by atoms with E-state index in [0.717, 1.165) is 16.7 Å². The third-order valence-electron chi connectivity index (χ3n) is 2.70. The molecule has 0 saturated carbocycles. The van der Waals surface area contributed by atoms with Crippen molar-refractivity contribution >= 4 is 11.7 Å². The van der Waals surface area contributed by atoms with E-state index >= 15 is 0 Å². The average Bonchev–Trinajstić information content (AvgIpc) is 2.27. The molecule has 0 N–H and O–H groups in total. The lowest BCUT2D eigenvalue weighted by Crippen LogP contribution is -2.34. The summed E-state index contributed by atoms with van der Waals surface area (Å²) in [5.41, 5.74) is 1.87. The van der Waals surface area contributed by atoms with Gasteiger partial charge in [-0.2, -0.15) is 4.39 Å². The Kier molecular flexibility index (Phi) is 3.30. The van der Waals surface area contributed by atoms with Crippen molar-refractivity contribution in [2.75, 3.05) is 0 Å². The summed E-state index contributed by atoms with van der Waals surface area (Å²) in [5, 5.41) is 0. The molecule has 1 amide bonds. The van der Waals surface area contributed by atoms with Gasteiger partial charge in [-0.3, -0.25) is 4.90 Å². The van der Waals surface area contributed by atoms with Gasteiger partial charge >= 0.3 is 6.09 Å². The molecule has 4 nitrogen and oxygen atoms in total. The van der Waals surface area contributed by atoms with Crippen molar-refractivity contribution in [3.8, 4) is 0 Å². The van der Waals surface area contributed by atoms with E-state index in [4.69, 9.17) is 4.74 Å². The lowest BCUT2D eigenvalue weighted by molar-refractivity contribution is 0.0321. The fourth-order valence-corrected chi connectivity index (χ4v) is 1.92. The largest absolute Gasteiger partial charge is 0.443 e. The third-order valence-corrected chi connectivity index (χ3v) is 2.70. The maximum absolute atomic E-state index is 13.1. The van der Waals surface area contributed by atoms with Crippen LogP contribution in [0.5, 0.6) is 0 Å². The first-order valence-corrected chi connectivity index (χ1v) is 6.09. The minimum atomic E-state index is -0.542. The summed E-state index contributed by atoms with van der Waals surface area (Å²) in [4.78, 5) is 17.1. The molecule has 1 aromatic rings. The summed E-state index contributed by atoms with van der Waals surface area (Å²) in [7, 11) is 0. The van der Waals surface area contributed by atoms with Crippen LogP contribution in [0, 0.1) is 5.95 Å². The molecule has 5 heteroatoms. The topological polar surface area (TPSA) is 42.4 Å². The molecule has 0 saturated heterocycles. The van der Waals surface area contributed by atoms with Crippen LogP contribution in [-0.4, -0.2) is 21.6 Å². The van der Waals surface area contributed by atoms with Crippen molar-refractivity contribution in [3.63, 3.8) is 0 Å². The lowest BCUT2D eigenvalue weighted by atomic mass is 10.0. The molecule has 2 heterocycles. The summed E-state index contributed by atoms with van der Waals surface area (Å²) in [6.45, 7) is 7.62. The fourth-order valence-electron chi connectivity index (χ4n) is 1.92. The van der Waals surface area contributed by atoms with Gasteiger partial charge in [0, 0.05) is 18.5 Å². The zero-order chi connectivity index (χ0) is 14.2. The predicted octanol–water partition coefficient (Wildman–Crippen LogP) is 3.33. The molecular weight excluding hydrogens is 247 g/mol. The second-order valence-corrected chi connectivity index (χ2v) is 5.58. The first-order valence-electron chi connectivity index (χ1n) is 6.09. The van der Waals surface area contributed by atoms with Gasteiger partial charge < -0.3 is 4.74 Å². The zero-order valence-corrected chi connectivity index (χ0v) is 11.5. The molecule has 0 fully saturated rings. The van der Waals surface area contributed by atoms with Crippen LogP contribution in [-0.2, 0) is 11.3 Å². The number of aromatic nitrogens is 1. The van der Waals surface area contributed by atoms with E-state index < -0.39 is 17.6 Å². The quantitative estimate of drug-likeness (QED) is 0.675. The molecular formula is C14H17FN2O2. The van der Waals surface area contributed by atoms with Crippen LogP contribution in [0.1, 0.15) is 38.8 Å². The smallest absolute Gasteiger partial charge is 0.414 e. The first-order chi connectivity index (χ1) is 8.76. The Bertz CT molecular complexity index is 547. The molecule has 1 aliphatic rings. The Balaban J connectivity index is 2.24. The number of fused-ring (bicyclic) bond motifs is 1. The van der Waals surface area contributed by atoms with Gasteiger partial charge in [0.1, 0.15) is 5.60 Å². The Hall–Kier alpha value is -1.91. The molecule has 0 atom stereocenters. The Labute approximate surface area is 111 Å². The van der Waals surface area contributed by atoms with Crippen molar-refractivity contribution in [1.29, 1.82) is 0 Å². The highest BCUT2D eigenvalue weighted by Gasteiger charge is 2.25. The van der Waals surface area contributed by atoms with Crippen molar-refractivity contribution in [1.82, 2.24) is 9.88 Å². The van der Waals surface area contributed by atoms with Crippen molar-refractivity contribution < 1.29 is 13.9 Å². The maximum Gasteiger partial charge on any atom is 0.414 e. The number of hydrogen-bond acceptors (Lipinski definition) is 3. The minimum Gasteiger partial charge on any atom is -0.443 e. The van der Waals surface area contributed by atoms with Crippen LogP contribution in [0.3, 0.4) is 0 Å². The van der Waals surface area contributed by atoms with Gasteiger partial charge in [0.25, 0.3) is 0 Å². The highest BCUT2D eigenvalue weighted by atomic mass is 19.1. The Morgan fingerprint density at radius 2 is 2.16 bits per heavy atom. The molecule has 2 rings (SSSR count). The molecule has 0 radical (unpaired) electrons. The normalized spacial score (nSPS) is 14.8. The summed E-state index contributed by atoms with van der Waals surface area (Å²) in [6, 6.07) is 1.38. The second-order valence-electron chi connectivity index (χ2n) is 5.58. The lowest BCUT2D eigenvalue weighted by Gasteiger charge is -2.28. The van der Waals surface area contributed by atoms with Gasteiger partial charge in [-0.25, -0.2) is 9.78 Å². The van der Waals surface area contributed by atoms with Gasteiger partial charge in [-0.05, 0) is 44.4 Å². The van der Waals surface area contributed by atoms with E-state index in [1.807, 2.05) is 27.7 Å². The molecule has 102 valence electrons. The number of allylic oxidation sites excluding steroid dienone is 1. The van der Waals surface area contributed by atoms with E-state index in [1.165, 1.54) is 17.2 Å². The van der Waals surface area contributed by atoms with Crippen LogP contribution in [0.2, 0.25) is 0 Å². The number of rotatable bonds is 0. The average molecular weight is 264 g/mol. The molecule has 0 aliphatic carbocycles. The second kappa shape index (κ2) is 4.64. The summed E-state index contributed by atoms with van der Waals surface area (Å²) in [5.74, 6) is -0.516. The standard InChI is InChI=1S/C14H17FN2O2/c1-9-7-17(13(18)19-14(2,3)4)8-10-6-16-12(15)5-11(9)10/h5-7H,8H2,1-4H3. The van der Waals surface area contributed by atoms with E-state index in [-0.39, 0.29) is 0 Å². The Morgan fingerprint density at radius 1 is 1.47 bits per heavy atom. The number of halogens is 1. The van der Waals surface area contributed by atoms with Gasteiger partial charge in [0.2, 0.25) is 5.95 Å². The number of ether oxygens (including phenoxy) is 1. The summed E-state index contributed by atoms with van der Waals surface area (Å²) >= 11 is 0. The SMILES string of the molecule is CC1=CN(C(=O)OC(C)(C)C)Cc2cnc(F)cc21. The number of carbonyl (C=O) groups is 1. The van der Waals surface area contributed by atoms with Crippen molar-refractivity contribution in [3.05, 3.63) is 35.5 Å². The van der Waals surface area contributed by atoms with Crippen LogP contribution in [0.15, 0.2) is 18.5 Å². The molecule has 0 spiro atoms.